The van der Waals surface area contributed by atoms with Crippen molar-refractivity contribution in [2.24, 2.45) is 11.7 Å². The van der Waals surface area contributed by atoms with Crippen LogP contribution in [0.1, 0.15) is 49.1 Å². The molecule has 4 rings (SSSR count). The van der Waals surface area contributed by atoms with Gasteiger partial charge in [0.1, 0.15) is 12.6 Å². The van der Waals surface area contributed by atoms with Gasteiger partial charge in [-0.25, -0.2) is 9.59 Å². The van der Waals surface area contributed by atoms with E-state index in [4.69, 9.17) is 10.5 Å². The Bertz CT molecular complexity index is 1480. The molecule has 0 saturated heterocycles. The Morgan fingerprint density at radius 3 is 2.12 bits per heavy atom. The summed E-state index contributed by atoms with van der Waals surface area (Å²) in [4.78, 5) is 46.3. The van der Waals surface area contributed by atoms with E-state index in [1.807, 2.05) is 66.1 Å². The first-order valence-electron chi connectivity index (χ1n) is 16.7. The molecule has 4 atom stereocenters. The van der Waals surface area contributed by atoms with Crippen LogP contribution in [-0.4, -0.2) is 71.6 Å². The third-order valence-corrected chi connectivity index (χ3v) is 10.3. The van der Waals surface area contributed by atoms with E-state index >= 15 is 0 Å². The van der Waals surface area contributed by atoms with Gasteiger partial charge in [-0.3, -0.25) is 9.78 Å². The number of hydrogen-bond donors (Lipinski definition) is 5. The number of rotatable bonds is 18. The maximum atomic E-state index is 13.7. The van der Waals surface area contributed by atoms with Crippen LogP contribution in [-0.2, 0) is 29.0 Å². The Labute approximate surface area is 297 Å². The quantitative estimate of drug-likeness (QED) is 0.124. The van der Waals surface area contributed by atoms with Crippen molar-refractivity contribution in [2.45, 2.75) is 76.1 Å². The summed E-state index contributed by atoms with van der Waals surface area (Å²) in [6, 6.07) is 18.2. The van der Waals surface area contributed by atoms with Gasteiger partial charge in [-0.05, 0) is 61.1 Å². The number of hydrogen-bond acceptors (Lipinski definition) is 9. The van der Waals surface area contributed by atoms with Crippen LogP contribution in [0.3, 0.4) is 0 Å². The average Bonchev–Trinajstić information content (AvgIpc) is 3.80. The molecule has 1 aliphatic heterocycles. The SMILES string of the molecule is CC(C)C1NC(CN(C)C(=O)N[C@@H](CCN)C(=O)N[C@H](CC[C@H](Cc2ccccc2)NC(=O)OCc2cncs2)Cc2ccccc2)=CS1. The number of nitrogens with one attached hydrogen (secondary N) is 4. The minimum absolute atomic E-state index is 0.149. The standard InChI is InChI=1S/C36H49N7O4S2/c1-25(2)34-40-30(23-48-34)21-43(3)35(45)42-32(16-17-37)33(44)39-28(18-26-10-6-4-7-11-26)14-15-29(19-27-12-8-5-9-13-27)41-36(46)47-22-31-20-38-24-49-31/h4-13,20,23-25,28-29,32,34,40H,14-19,21-22,37H2,1-3H3,(H,39,44)(H,41,46)(H,42,45)/t28-,29-,32+,34?/m1/s1. The number of nitrogens with zero attached hydrogens (tertiary/aromatic N) is 2. The number of carbonyl (C=O) groups is 3. The van der Waals surface area contributed by atoms with Crippen LogP contribution in [0.5, 0.6) is 0 Å². The third-order valence-electron chi connectivity index (χ3n) is 8.12. The number of ether oxygens (including phenoxy) is 1. The van der Waals surface area contributed by atoms with E-state index < -0.39 is 12.1 Å². The Morgan fingerprint density at radius 2 is 1.57 bits per heavy atom. The van der Waals surface area contributed by atoms with E-state index in [2.05, 4.69) is 40.1 Å². The molecule has 1 aliphatic rings. The van der Waals surface area contributed by atoms with Crippen molar-refractivity contribution in [3.8, 4) is 0 Å². The van der Waals surface area contributed by atoms with Gasteiger partial charge < -0.3 is 36.6 Å². The number of carbonyl (C=O) groups excluding carboxylic acids is 3. The fourth-order valence-corrected chi connectivity index (χ4v) is 6.94. The number of likely N-dealkylation sites (N-methyl/N-ethyl adjacent to an activating group) is 1. The van der Waals surface area contributed by atoms with Gasteiger partial charge in [0, 0.05) is 31.0 Å². The molecule has 3 aromatic rings. The number of thiazole rings is 1. The van der Waals surface area contributed by atoms with E-state index in [0.29, 0.717) is 44.6 Å². The Hall–Kier alpha value is -4.07. The number of urea groups is 1. The first-order valence-corrected chi connectivity index (χ1v) is 18.5. The van der Waals surface area contributed by atoms with E-state index in [-0.39, 0.29) is 42.5 Å². The van der Waals surface area contributed by atoms with Gasteiger partial charge in [-0.2, -0.15) is 0 Å². The highest BCUT2D eigenvalue weighted by atomic mass is 32.2. The zero-order chi connectivity index (χ0) is 35.0. The zero-order valence-electron chi connectivity index (χ0n) is 28.5. The van der Waals surface area contributed by atoms with Crippen molar-refractivity contribution in [1.29, 1.82) is 0 Å². The highest BCUT2D eigenvalue weighted by Gasteiger charge is 2.27. The maximum absolute atomic E-state index is 13.7. The van der Waals surface area contributed by atoms with E-state index in [1.165, 1.54) is 11.3 Å². The monoisotopic (exact) mass is 707 g/mol. The fraction of sp³-hybridized carbons (Fsp3) is 0.444. The van der Waals surface area contributed by atoms with Crippen molar-refractivity contribution < 1.29 is 19.1 Å². The summed E-state index contributed by atoms with van der Waals surface area (Å²) < 4.78 is 5.48. The lowest BCUT2D eigenvalue weighted by molar-refractivity contribution is -0.123. The normalized spacial score (nSPS) is 15.8. The van der Waals surface area contributed by atoms with Crippen LogP contribution in [0, 0.1) is 5.92 Å². The minimum Gasteiger partial charge on any atom is -0.444 e. The van der Waals surface area contributed by atoms with E-state index in [9.17, 15) is 14.4 Å². The zero-order valence-corrected chi connectivity index (χ0v) is 30.1. The predicted octanol–water partition coefficient (Wildman–Crippen LogP) is 5.01. The molecule has 11 nitrogen and oxygen atoms in total. The summed E-state index contributed by atoms with van der Waals surface area (Å²) in [5.41, 5.74) is 10.7. The Kier molecular flexibility index (Phi) is 15.3. The molecule has 0 aliphatic carbocycles. The second kappa shape index (κ2) is 19.8. The summed E-state index contributed by atoms with van der Waals surface area (Å²) >= 11 is 3.14. The lowest BCUT2D eigenvalue weighted by Crippen LogP contribution is -2.53. The summed E-state index contributed by atoms with van der Waals surface area (Å²) in [5.74, 6) is 0.157. The summed E-state index contributed by atoms with van der Waals surface area (Å²) in [6.45, 7) is 5.09. The Morgan fingerprint density at radius 1 is 0.939 bits per heavy atom. The lowest BCUT2D eigenvalue weighted by Gasteiger charge is -2.27. The molecule has 0 spiro atoms. The highest BCUT2D eigenvalue weighted by Crippen LogP contribution is 2.26. The second-order valence-corrected chi connectivity index (χ2v) is 14.6. The van der Waals surface area contributed by atoms with Crippen LogP contribution >= 0.6 is 23.1 Å². The third kappa shape index (κ3) is 13.1. The van der Waals surface area contributed by atoms with Crippen molar-refractivity contribution >= 4 is 41.1 Å². The van der Waals surface area contributed by atoms with Gasteiger partial charge in [0.25, 0.3) is 0 Å². The first kappa shape index (κ1) is 37.7. The van der Waals surface area contributed by atoms with Gasteiger partial charge in [0.15, 0.2) is 0 Å². The van der Waals surface area contributed by atoms with Gasteiger partial charge in [-0.15, -0.1) is 23.1 Å². The van der Waals surface area contributed by atoms with E-state index in [0.717, 1.165) is 21.7 Å². The Balaban J connectivity index is 1.40. The minimum atomic E-state index is -0.804. The summed E-state index contributed by atoms with van der Waals surface area (Å²) in [6.07, 6.45) is 3.80. The molecule has 1 unspecified atom stereocenters. The van der Waals surface area contributed by atoms with Crippen molar-refractivity contribution in [1.82, 2.24) is 31.2 Å². The highest BCUT2D eigenvalue weighted by molar-refractivity contribution is 8.03. The molecule has 1 aromatic heterocycles. The average molecular weight is 708 g/mol. The van der Waals surface area contributed by atoms with Crippen molar-refractivity contribution in [3.63, 3.8) is 0 Å². The molecule has 0 saturated carbocycles. The smallest absolute Gasteiger partial charge is 0.407 e. The topological polar surface area (TPSA) is 151 Å². The van der Waals surface area contributed by atoms with Gasteiger partial charge in [0.05, 0.1) is 22.3 Å². The number of benzene rings is 2. The van der Waals surface area contributed by atoms with Crippen LogP contribution < -0.4 is 27.0 Å². The van der Waals surface area contributed by atoms with Crippen molar-refractivity contribution in [3.05, 3.63) is 99.5 Å². The molecule has 264 valence electrons. The summed E-state index contributed by atoms with van der Waals surface area (Å²) in [7, 11) is 1.71. The van der Waals surface area contributed by atoms with Crippen LogP contribution in [0.4, 0.5) is 9.59 Å². The number of alkyl carbamates (subject to hydrolysis) is 1. The summed E-state index contributed by atoms with van der Waals surface area (Å²) in [5, 5.41) is 14.9. The van der Waals surface area contributed by atoms with Crippen LogP contribution in [0.25, 0.3) is 0 Å². The lowest BCUT2D eigenvalue weighted by atomic mass is 9.95. The molecule has 2 aromatic carbocycles. The predicted molar refractivity (Wildman–Crippen MR) is 197 cm³/mol. The molecule has 13 heteroatoms. The van der Waals surface area contributed by atoms with Gasteiger partial charge in [-0.1, -0.05) is 74.5 Å². The molecule has 0 bridgehead atoms. The maximum Gasteiger partial charge on any atom is 0.407 e. The van der Waals surface area contributed by atoms with Crippen LogP contribution in [0.15, 0.2) is 83.5 Å². The number of amides is 4. The molecule has 0 fully saturated rings. The van der Waals surface area contributed by atoms with E-state index in [1.54, 1.807) is 35.4 Å². The molecule has 2 heterocycles. The molecule has 4 amide bonds. The number of nitrogens with two attached hydrogens (primary N) is 1. The van der Waals surface area contributed by atoms with Gasteiger partial charge >= 0.3 is 12.1 Å². The van der Waals surface area contributed by atoms with Crippen LogP contribution in [0.2, 0.25) is 0 Å². The van der Waals surface area contributed by atoms with Gasteiger partial charge in [0.2, 0.25) is 5.91 Å². The molecule has 49 heavy (non-hydrogen) atoms. The van der Waals surface area contributed by atoms with Crippen molar-refractivity contribution in [2.75, 3.05) is 20.1 Å². The first-order chi connectivity index (χ1) is 23.7. The largest absolute Gasteiger partial charge is 0.444 e. The molecular weight excluding hydrogens is 659 g/mol. The number of thioether (sulfide) groups is 1. The number of aromatic nitrogens is 1. The molecule has 0 radical (unpaired) electrons. The fourth-order valence-electron chi connectivity index (χ4n) is 5.45. The second-order valence-electron chi connectivity index (χ2n) is 12.6. The molecular formula is C36H49N7O4S2. The molecule has 6 N–H and O–H groups in total.